The van der Waals surface area contributed by atoms with Gasteiger partial charge in [0.05, 0.1) is 5.69 Å². The zero-order valence-electron chi connectivity index (χ0n) is 7.43. The molecule has 1 unspecified atom stereocenters. The van der Waals surface area contributed by atoms with E-state index >= 15 is 0 Å². The molecule has 2 rings (SSSR count). The number of ether oxygens (including phenoxy) is 1. The fourth-order valence-corrected chi connectivity index (χ4v) is 1.63. The van der Waals surface area contributed by atoms with Crippen molar-refractivity contribution in [1.82, 2.24) is 15.0 Å². The van der Waals surface area contributed by atoms with Gasteiger partial charge in [0.1, 0.15) is 6.10 Å². The Morgan fingerprint density at radius 3 is 3.15 bits per heavy atom. The van der Waals surface area contributed by atoms with Crippen molar-refractivity contribution in [3.63, 3.8) is 0 Å². The normalized spacial score (nSPS) is 22.1. The van der Waals surface area contributed by atoms with Crippen LogP contribution in [0, 0.1) is 0 Å². The number of rotatable bonds is 2. The second-order valence-electron chi connectivity index (χ2n) is 3.10. The van der Waals surface area contributed by atoms with E-state index in [-0.39, 0.29) is 6.10 Å². The average molecular weight is 181 g/mol. The Hall–Kier alpha value is -1.23. The molecular formula is C8H11N3O2. The van der Waals surface area contributed by atoms with Gasteiger partial charge in [-0.05, 0) is 12.8 Å². The number of aryl methyl sites for hydroxylation is 1. The van der Waals surface area contributed by atoms with Gasteiger partial charge in [-0.1, -0.05) is 5.21 Å². The van der Waals surface area contributed by atoms with Crippen LogP contribution in [0.25, 0.3) is 0 Å². The molecule has 0 N–H and O–H groups in total. The van der Waals surface area contributed by atoms with Crippen molar-refractivity contribution in [2.24, 2.45) is 7.05 Å². The summed E-state index contributed by atoms with van der Waals surface area (Å²) in [6.45, 7) is 0.758. The molecule has 5 heteroatoms. The van der Waals surface area contributed by atoms with Gasteiger partial charge in [-0.25, -0.2) is 4.68 Å². The third-order valence-electron chi connectivity index (χ3n) is 2.24. The van der Waals surface area contributed by atoms with Crippen LogP contribution in [0.4, 0.5) is 0 Å². The van der Waals surface area contributed by atoms with E-state index in [0.29, 0.717) is 5.69 Å². The maximum absolute atomic E-state index is 10.6. The van der Waals surface area contributed by atoms with E-state index in [9.17, 15) is 4.79 Å². The molecule has 2 heterocycles. The van der Waals surface area contributed by atoms with Crippen LogP contribution in [0.2, 0.25) is 0 Å². The minimum atomic E-state index is 0.000185. The van der Waals surface area contributed by atoms with Crippen molar-refractivity contribution in [3.8, 4) is 0 Å². The minimum Gasteiger partial charge on any atom is -0.372 e. The second kappa shape index (κ2) is 3.26. The Labute approximate surface area is 75.7 Å². The third kappa shape index (κ3) is 1.35. The number of aromatic nitrogens is 3. The number of aldehydes is 1. The van der Waals surface area contributed by atoms with Gasteiger partial charge >= 0.3 is 0 Å². The predicted molar refractivity (Wildman–Crippen MR) is 44.3 cm³/mol. The van der Waals surface area contributed by atoms with Gasteiger partial charge in [-0.3, -0.25) is 4.79 Å². The summed E-state index contributed by atoms with van der Waals surface area (Å²) in [5, 5.41) is 7.53. The minimum absolute atomic E-state index is 0.000185. The monoisotopic (exact) mass is 181 g/mol. The smallest absolute Gasteiger partial charge is 0.172 e. The molecule has 0 aromatic carbocycles. The molecule has 1 saturated heterocycles. The molecule has 13 heavy (non-hydrogen) atoms. The van der Waals surface area contributed by atoms with Crippen LogP contribution in [0.3, 0.4) is 0 Å². The number of carbonyl (C=O) groups is 1. The van der Waals surface area contributed by atoms with Gasteiger partial charge in [0, 0.05) is 13.7 Å². The summed E-state index contributed by atoms with van der Waals surface area (Å²) in [5.74, 6) is 0. The molecule has 1 aromatic heterocycles. The van der Waals surface area contributed by atoms with Crippen molar-refractivity contribution in [3.05, 3.63) is 11.4 Å². The SMILES string of the molecule is Cn1nnc(C=O)c1C1CCCO1. The van der Waals surface area contributed by atoms with Crippen molar-refractivity contribution in [2.45, 2.75) is 18.9 Å². The van der Waals surface area contributed by atoms with Crippen LogP contribution >= 0.6 is 0 Å². The lowest BCUT2D eigenvalue weighted by Gasteiger charge is -2.08. The van der Waals surface area contributed by atoms with Gasteiger partial charge in [0.25, 0.3) is 0 Å². The summed E-state index contributed by atoms with van der Waals surface area (Å²) in [7, 11) is 1.77. The van der Waals surface area contributed by atoms with E-state index in [1.807, 2.05) is 0 Å². The Bertz CT molecular complexity index is 315. The van der Waals surface area contributed by atoms with Crippen molar-refractivity contribution < 1.29 is 9.53 Å². The summed E-state index contributed by atoms with van der Waals surface area (Å²) in [6.07, 6.45) is 2.71. The van der Waals surface area contributed by atoms with Gasteiger partial charge < -0.3 is 4.74 Å². The zero-order valence-corrected chi connectivity index (χ0v) is 7.43. The molecule has 70 valence electrons. The second-order valence-corrected chi connectivity index (χ2v) is 3.10. The molecule has 1 aromatic rings. The highest BCUT2D eigenvalue weighted by molar-refractivity contribution is 5.73. The first-order chi connectivity index (χ1) is 6.33. The summed E-state index contributed by atoms with van der Waals surface area (Å²) in [4.78, 5) is 10.6. The molecule has 1 aliphatic heterocycles. The van der Waals surface area contributed by atoms with E-state index in [4.69, 9.17) is 4.74 Å². The van der Waals surface area contributed by atoms with Crippen molar-refractivity contribution in [1.29, 1.82) is 0 Å². The largest absolute Gasteiger partial charge is 0.372 e. The first-order valence-electron chi connectivity index (χ1n) is 4.29. The predicted octanol–water partition coefficient (Wildman–Crippen LogP) is 0.479. The Morgan fingerprint density at radius 2 is 2.54 bits per heavy atom. The third-order valence-corrected chi connectivity index (χ3v) is 2.24. The first-order valence-corrected chi connectivity index (χ1v) is 4.29. The fourth-order valence-electron chi connectivity index (χ4n) is 1.63. The van der Waals surface area contributed by atoms with Crippen LogP contribution in [-0.2, 0) is 11.8 Å². The standard InChI is InChI=1S/C8H11N3O2/c1-11-8(6(5-12)9-10-11)7-3-2-4-13-7/h5,7H,2-4H2,1H3. The number of carbonyl (C=O) groups excluding carboxylic acids is 1. The summed E-state index contributed by atoms with van der Waals surface area (Å²) < 4.78 is 7.07. The molecule has 0 bridgehead atoms. The molecule has 0 saturated carbocycles. The molecule has 1 aliphatic rings. The maximum atomic E-state index is 10.6. The van der Waals surface area contributed by atoms with E-state index in [1.165, 1.54) is 0 Å². The lowest BCUT2D eigenvalue weighted by Crippen LogP contribution is -2.06. The van der Waals surface area contributed by atoms with Crippen molar-refractivity contribution >= 4 is 6.29 Å². The van der Waals surface area contributed by atoms with Crippen molar-refractivity contribution in [2.75, 3.05) is 6.61 Å². The highest BCUT2D eigenvalue weighted by Gasteiger charge is 2.24. The molecule has 1 fully saturated rings. The van der Waals surface area contributed by atoms with Crippen LogP contribution in [0.1, 0.15) is 35.1 Å². The van der Waals surface area contributed by atoms with E-state index in [1.54, 1.807) is 11.7 Å². The highest BCUT2D eigenvalue weighted by Crippen LogP contribution is 2.28. The van der Waals surface area contributed by atoms with Gasteiger partial charge in [-0.2, -0.15) is 0 Å². The highest BCUT2D eigenvalue weighted by atomic mass is 16.5. The van der Waals surface area contributed by atoms with E-state index in [0.717, 1.165) is 31.4 Å². The molecule has 0 spiro atoms. The molecule has 0 amide bonds. The zero-order chi connectivity index (χ0) is 9.26. The van der Waals surface area contributed by atoms with Crippen LogP contribution < -0.4 is 0 Å². The topological polar surface area (TPSA) is 57.0 Å². The quantitative estimate of drug-likeness (QED) is 0.622. The van der Waals surface area contributed by atoms with E-state index in [2.05, 4.69) is 10.3 Å². The van der Waals surface area contributed by atoms with Crippen LogP contribution in [0.5, 0.6) is 0 Å². The van der Waals surface area contributed by atoms with Crippen LogP contribution in [-0.4, -0.2) is 27.9 Å². The summed E-state index contributed by atoms with van der Waals surface area (Å²) in [6, 6.07) is 0. The van der Waals surface area contributed by atoms with Crippen LogP contribution in [0.15, 0.2) is 0 Å². The number of hydrogen-bond acceptors (Lipinski definition) is 4. The number of hydrogen-bond donors (Lipinski definition) is 0. The molecule has 5 nitrogen and oxygen atoms in total. The Balaban J connectivity index is 2.35. The Morgan fingerprint density at radius 1 is 1.69 bits per heavy atom. The lowest BCUT2D eigenvalue weighted by molar-refractivity contribution is 0.101. The lowest BCUT2D eigenvalue weighted by atomic mass is 10.1. The molecule has 1 atom stereocenters. The summed E-state index contributed by atoms with van der Waals surface area (Å²) >= 11 is 0. The molecule has 0 radical (unpaired) electrons. The molecular weight excluding hydrogens is 170 g/mol. The van der Waals surface area contributed by atoms with Gasteiger partial charge in [-0.15, -0.1) is 5.10 Å². The maximum Gasteiger partial charge on any atom is 0.172 e. The van der Waals surface area contributed by atoms with Gasteiger partial charge in [0.15, 0.2) is 12.0 Å². The average Bonchev–Trinajstić information content (AvgIpc) is 2.72. The Kier molecular flexibility index (Phi) is 2.10. The number of nitrogens with zero attached hydrogens (tertiary/aromatic N) is 3. The van der Waals surface area contributed by atoms with E-state index < -0.39 is 0 Å². The first kappa shape index (κ1) is 8.37. The fraction of sp³-hybridized carbons (Fsp3) is 0.625. The van der Waals surface area contributed by atoms with Gasteiger partial charge in [0.2, 0.25) is 0 Å². The molecule has 0 aliphatic carbocycles. The summed E-state index contributed by atoms with van der Waals surface area (Å²) in [5.41, 5.74) is 1.20.